The van der Waals surface area contributed by atoms with Crippen LogP contribution >= 0.6 is 0 Å². The van der Waals surface area contributed by atoms with Crippen molar-refractivity contribution in [1.29, 1.82) is 0 Å². The molecule has 4 bridgehead atoms. The van der Waals surface area contributed by atoms with E-state index in [1.165, 1.54) is 32.3 Å². The van der Waals surface area contributed by atoms with Gasteiger partial charge in [0, 0.05) is 30.1 Å². The molecule has 5 aromatic carbocycles. The van der Waals surface area contributed by atoms with Gasteiger partial charge in [-0.1, -0.05) is 152 Å². The van der Waals surface area contributed by atoms with Gasteiger partial charge in [-0.2, -0.15) is 35.1 Å². The molecule has 0 amide bonds. The number of fused-ring (bicyclic) bond motifs is 6. The van der Waals surface area contributed by atoms with Gasteiger partial charge < -0.3 is 67.1 Å². The highest BCUT2D eigenvalue weighted by molar-refractivity contribution is 7.88. The Kier molecular flexibility index (Phi) is 34.0. The highest BCUT2D eigenvalue weighted by Gasteiger charge is 2.72. The van der Waals surface area contributed by atoms with Crippen molar-refractivity contribution in [3.05, 3.63) is 109 Å². The Morgan fingerprint density at radius 3 is 1.02 bits per heavy atom. The Morgan fingerprint density at radius 2 is 0.739 bits per heavy atom. The second kappa shape index (κ2) is 38.6. The molecule has 3 aliphatic carbocycles. The summed E-state index contributed by atoms with van der Waals surface area (Å²) in [7, 11) is -23.3. The first-order valence-corrected chi connectivity index (χ1v) is 40.0. The minimum absolute atomic E-state index is 0.0550. The number of aliphatic hydroxyl groups is 4. The number of carbonyl (C=O) groups excluding carboxylic acids is 6. The molecule has 10 rings (SSSR count). The molecule has 0 aromatic heterocycles. The van der Waals surface area contributed by atoms with Crippen molar-refractivity contribution in [3.63, 3.8) is 0 Å². The van der Waals surface area contributed by atoms with E-state index >= 15 is 0 Å². The Bertz CT molecular complexity index is 4250. The van der Waals surface area contributed by atoms with Crippen LogP contribution in [0.3, 0.4) is 0 Å². The van der Waals surface area contributed by atoms with E-state index in [-0.39, 0.29) is 38.5 Å². The van der Waals surface area contributed by atoms with Crippen molar-refractivity contribution in [3.8, 4) is 0 Å². The summed E-state index contributed by atoms with van der Waals surface area (Å²) < 4.78 is 249. The summed E-state index contributed by atoms with van der Waals surface area (Å²) in [6.07, 6.45) is 0.0792. The van der Waals surface area contributed by atoms with E-state index in [0.717, 1.165) is 25.7 Å². The average Bonchev–Trinajstić information content (AvgIpc) is 1.54. The minimum Gasteiger partial charge on any atom is -0.743 e. The average molecular weight is 1670 g/mol. The number of esters is 6. The van der Waals surface area contributed by atoms with E-state index in [2.05, 4.69) is 128 Å². The van der Waals surface area contributed by atoms with Gasteiger partial charge in [-0.3, -0.25) is 9.59 Å². The van der Waals surface area contributed by atoms with Gasteiger partial charge in [0.15, 0.2) is 40.5 Å². The number of benzene rings is 5. The predicted molar refractivity (Wildman–Crippen MR) is 376 cm³/mol. The molecule has 5 aromatic rings. The Labute approximate surface area is 636 Å². The van der Waals surface area contributed by atoms with E-state index < -0.39 is 180 Å². The number of hydrogen-bond acceptors (Lipinski definition) is 28. The molecule has 5 fully saturated rings. The summed E-state index contributed by atoms with van der Waals surface area (Å²) >= 11 is 0. The van der Waals surface area contributed by atoms with Crippen LogP contribution in [0.15, 0.2) is 109 Å². The number of rotatable bonds is 20. The van der Waals surface area contributed by atoms with E-state index in [1.54, 1.807) is 27.7 Å². The third kappa shape index (κ3) is 23.9. The molecule has 0 spiro atoms. The SMILES string of the molecule is CCC(C)(O)CC.CCC(C)(O)CC.CCC(O)(CC)C1C2CC3C(OC(=O)C31)C2OC(=O)C(F)(F)S(=O)(=O)[O-].CCC(O)(CC)C1CC(OC(=O)C(F)(F)S(=O)(=O)[O-])C2CC1C(=O)O2.COC(=O)C(F)(F)S(=O)(=O)[O-].COC(=O)C(F)(F)S(=O)(=O)[O-].c1ccc2cc3ccccc3cc2c1.c1ccc2ccccc2c1. The van der Waals surface area contributed by atoms with Crippen molar-refractivity contribution in [2.75, 3.05) is 14.2 Å². The molecule has 3 saturated carbocycles. The first-order valence-electron chi connectivity index (χ1n) is 34.4. The van der Waals surface area contributed by atoms with Crippen molar-refractivity contribution in [2.45, 2.75) is 208 Å². The van der Waals surface area contributed by atoms with Gasteiger partial charge in [-0.15, -0.1) is 0 Å². The van der Waals surface area contributed by atoms with Gasteiger partial charge in [-0.25, -0.2) is 52.8 Å². The molecular weight excluding hydrogens is 1580 g/mol. The van der Waals surface area contributed by atoms with Gasteiger partial charge in [0.1, 0.15) is 24.4 Å². The molecule has 5 aliphatic rings. The fourth-order valence-corrected chi connectivity index (χ4v) is 13.5. The lowest BCUT2D eigenvalue weighted by atomic mass is 9.67. The topological polar surface area (TPSA) is 468 Å². The third-order valence-corrected chi connectivity index (χ3v) is 23.3. The van der Waals surface area contributed by atoms with Crippen LogP contribution in [0.1, 0.15) is 140 Å². The molecule has 28 nitrogen and oxygen atoms in total. The quantitative estimate of drug-likeness (QED) is 0.0185. The van der Waals surface area contributed by atoms with E-state index in [9.17, 15) is 126 Å². The highest BCUT2D eigenvalue weighted by atomic mass is 32.2. The molecule has 2 heterocycles. The first kappa shape index (κ1) is 97.8. The maximum Gasteiger partial charge on any atom is 0.428 e. The molecule has 2 aliphatic heterocycles. The van der Waals surface area contributed by atoms with Crippen LogP contribution in [0.5, 0.6) is 0 Å². The molecule has 111 heavy (non-hydrogen) atoms. The Hall–Kier alpha value is -7.38. The summed E-state index contributed by atoms with van der Waals surface area (Å²) in [4.78, 5) is 67.1. The van der Waals surface area contributed by atoms with Gasteiger partial charge in [0.25, 0.3) is 0 Å². The monoisotopic (exact) mass is 1670 g/mol. The first-order chi connectivity index (χ1) is 50.9. The molecule has 4 N–H and O–H groups in total. The number of ether oxygens (including phenoxy) is 6. The lowest BCUT2D eigenvalue weighted by Gasteiger charge is -2.41. The second-order valence-corrected chi connectivity index (χ2v) is 32.5. The fourth-order valence-electron chi connectivity index (χ4n) is 12.4. The number of halogens is 8. The number of alkyl halides is 8. The molecule has 2 saturated heterocycles. The lowest BCUT2D eigenvalue weighted by Crippen LogP contribution is -2.52. The standard InChI is InChI=1S/C15H20F2O8S.C14H20F2O8S.C14H10.C10H8.2C6H14O.2C3H4F2O5S/c1-3-14(20,4-2)9-7-5-6-8(9)12(18)24-10(6)11(7)25-13(19)15(16,17)26(21,22)23;1-3-13(19,4-2)8-6-10(9-5-7(8)11(17)23-9)24-12(18)14(15,16)25(20,21)22;1-2-6-12-10-14-8-4-3-7-13(14)9-11(12)5-1;1-2-6-10-8-4-3-7-9(10)5-1;2*1-4-6(3,7)5-2;2*1-10-2(6)3(4,5)11(7,8)9/h6-11,20H,3-5H2,1-2H3,(H,21,22,23);7-10,19H,3-6H2,1-2H3,(H,20,21,22);1-10H;1-8H;2*7H,4-5H2,1-3H3;2*1H3,(H,7,8,9)/p-4. The number of methoxy groups -OCH3 is 2. The van der Waals surface area contributed by atoms with E-state index in [0.29, 0.717) is 20.6 Å². The molecule has 0 radical (unpaired) electrons. The second-order valence-electron chi connectivity index (χ2n) is 26.8. The van der Waals surface area contributed by atoms with Crippen LogP contribution < -0.4 is 0 Å². The fraction of sp³-hybridized carbons (Fsp3) is 0.577. The largest absolute Gasteiger partial charge is 0.743 e. The van der Waals surface area contributed by atoms with Crippen LogP contribution in [-0.4, -0.2) is 190 Å². The Balaban J connectivity index is 0.000000345. The number of hydrogen-bond donors (Lipinski definition) is 4. The minimum atomic E-state index is -6.25. The molecule has 10 unspecified atom stereocenters. The van der Waals surface area contributed by atoms with Crippen molar-refractivity contribution in [2.24, 2.45) is 35.5 Å². The Morgan fingerprint density at radius 1 is 0.432 bits per heavy atom. The van der Waals surface area contributed by atoms with Gasteiger partial charge >= 0.3 is 56.8 Å². The zero-order valence-corrected chi connectivity index (χ0v) is 65.5. The van der Waals surface area contributed by atoms with Crippen LogP contribution in [0.4, 0.5) is 35.1 Å². The maximum absolute atomic E-state index is 13.5. The summed E-state index contributed by atoms with van der Waals surface area (Å²) in [6, 6.07) is 38.1. The van der Waals surface area contributed by atoms with Crippen molar-refractivity contribution < 1.29 is 165 Å². The summed E-state index contributed by atoms with van der Waals surface area (Å²) in [5, 5.41) is 27.2. The normalized spacial score (nSPS) is 21.6. The predicted octanol–water partition coefficient (Wildman–Crippen LogP) is 9.48. The smallest absolute Gasteiger partial charge is 0.428 e. The molecule has 40 heteroatoms. The van der Waals surface area contributed by atoms with Crippen LogP contribution in [0.25, 0.3) is 32.3 Å². The number of carbonyl (C=O) groups is 6. The highest BCUT2D eigenvalue weighted by Crippen LogP contribution is 2.62. The third-order valence-electron chi connectivity index (χ3n) is 20.1. The van der Waals surface area contributed by atoms with Gasteiger partial charge in [0.2, 0.25) is 0 Å². The van der Waals surface area contributed by atoms with Crippen LogP contribution in [0.2, 0.25) is 0 Å². The molecule has 10 atom stereocenters. The lowest BCUT2D eigenvalue weighted by molar-refractivity contribution is -0.180. The molecule has 626 valence electrons. The maximum atomic E-state index is 13.5. The van der Waals surface area contributed by atoms with Gasteiger partial charge in [-0.05, 0) is 123 Å². The summed E-state index contributed by atoms with van der Waals surface area (Å²) in [6.45, 7) is 18.5. The van der Waals surface area contributed by atoms with Gasteiger partial charge in [0.05, 0.1) is 48.5 Å². The van der Waals surface area contributed by atoms with Crippen LogP contribution in [-0.2, 0) is 97.7 Å². The summed E-state index contributed by atoms with van der Waals surface area (Å²) in [5.41, 5.74) is -3.41. The van der Waals surface area contributed by atoms with E-state index in [4.69, 9.17) is 19.7 Å². The zero-order chi connectivity index (χ0) is 85.5. The molecular formula is C71H90F8O28S4-4. The zero-order valence-electron chi connectivity index (χ0n) is 62.2. The van der Waals surface area contributed by atoms with Crippen molar-refractivity contribution in [1.82, 2.24) is 0 Å². The van der Waals surface area contributed by atoms with Crippen LogP contribution in [0, 0.1) is 35.5 Å². The van der Waals surface area contributed by atoms with E-state index in [1.807, 2.05) is 41.5 Å². The summed E-state index contributed by atoms with van der Waals surface area (Å²) in [5.74, 6) is -14.7. The van der Waals surface area contributed by atoms with Crippen molar-refractivity contribution >= 4 is 109 Å².